The van der Waals surface area contributed by atoms with Gasteiger partial charge in [0, 0.05) is 19.2 Å². The van der Waals surface area contributed by atoms with Gasteiger partial charge in [0.15, 0.2) is 0 Å². The summed E-state index contributed by atoms with van der Waals surface area (Å²) in [6.07, 6.45) is 6.10. The SMILES string of the molecule is O=C(N[C@@H](Cc1ccc(CCCCCNc2ccccn2)cc1)C(=O)O)c1c(Cl)cccc1Cl. The van der Waals surface area contributed by atoms with Gasteiger partial charge in [-0.05, 0) is 54.7 Å². The van der Waals surface area contributed by atoms with E-state index >= 15 is 0 Å². The van der Waals surface area contributed by atoms with Gasteiger partial charge < -0.3 is 15.7 Å². The number of carbonyl (C=O) groups excluding carboxylic acids is 1. The summed E-state index contributed by atoms with van der Waals surface area (Å²) in [6.45, 7) is 0.887. The number of nitrogens with one attached hydrogen (secondary N) is 2. The molecule has 0 saturated carbocycles. The molecule has 8 heteroatoms. The van der Waals surface area contributed by atoms with E-state index in [0.29, 0.717) is 0 Å². The van der Waals surface area contributed by atoms with E-state index in [9.17, 15) is 14.7 Å². The Morgan fingerprint density at radius 1 is 0.882 bits per heavy atom. The fourth-order valence-electron chi connectivity index (χ4n) is 3.54. The molecular weight excluding hydrogens is 473 g/mol. The smallest absolute Gasteiger partial charge is 0.326 e. The number of nitrogens with zero attached hydrogens (tertiary/aromatic N) is 1. The Morgan fingerprint density at radius 3 is 2.24 bits per heavy atom. The van der Waals surface area contributed by atoms with E-state index in [-0.39, 0.29) is 22.0 Å². The number of hydrogen-bond donors (Lipinski definition) is 3. The molecule has 0 aliphatic carbocycles. The van der Waals surface area contributed by atoms with Crippen molar-refractivity contribution in [1.29, 1.82) is 0 Å². The maximum Gasteiger partial charge on any atom is 0.326 e. The number of halogens is 2. The van der Waals surface area contributed by atoms with E-state index < -0.39 is 17.9 Å². The maximum atomic E-state index is 12.6. The van der Waals surface area contributed by atoms with Crippen LogP contribution in [-0.2, 0) is 17.6 Å². The van der Waals surface area contributed by atoms with Crippen LogP contribution in [0.1, 0.15) is 40.7 Å². The standard InChI is InChI=1S/C26H27Cl2N3O3/c27-20-8-6-9-21(28)24(20)25(32)31-22(26(33)34)17-19-13-11-18(12-14-19)7-2-1-4-15-29-23-10-3-5-16-30-23/h3,5-6,8-14,16,22H,1-2,4,7,15,17H2,(H,29,30)(H,31,32)(H,33,34)/t22-/m0/s1. The van der Waals surface area contributed by atoms with E-state index in [1.54, 1.807) is 12.3 Å². The lowest BCUT2D eigenvalue weighted by molar-refractivity contribution is -0.139. The summed E-state index contributed by atoms with van der Waals surface area (Å²) >= 11 is 12.1. The molecule has 0 radical (unpaired) electrons. The summed E-state index contributed by atoms with van der Waals surface area (Å²) in [5, 5.41) is 15.8. The molecule has 0 fully saturated rings. The van der Waals surface area contributed by atoms with E-state index in [1.807, 2.05) is 42.5 Å². The van der Waals surface area contributed by atoms with Crippen molar-refractivity contribution in [2.24, 2.45) is 0 Å². The Balaban J connectivity index is 1.45. The lowest BCUT2D eigenvalue weighted by atomic mass is 10.0. The molecule has 1 aromatic heterocycles. The van der Waals surface area contributed by atoms with Crippen molar-refractivity contribution < 1.29 is 14.7 Å². The second kappa shape index (κ2) is 13.0. The number of anilines is 1. The Hall–Kier alpha value is -3.09. The summed E-state index contributed by atoms with van der Waals surface area (Å²) in [5.41, 5.74) is 2.09. The highest BCUT2D eigenvalue weighted by Crippen LogP contribution is 2.24. The first-order chi connectivity index (χ1) is 16.4. The average molecular weight is 500 g/mol. The molecular formula is C26H27Cl2N3O3. The number of aryl methyl sites for hydroxylation is 1. The first kappa shape index (κ1) is 25.5. The Morgan fingerprint density at radius 2 is 1.59 bits per heavy atom. The van der Waals surface area contributed by atoms with Gasteiger partial charge in [-0.15, -0.1) is 0 Å². The Kier molecular flexibility index (Phi) is 9.74. The monoisotopic (exact) mass is 499 g/mol. The molecule has 1 heterocycles. The number of carbonyl (C=O) groups is 2. The second-order valence-electron chi connectivity index (χ2n) is 7.93. The van der Waals surface area contributed by atoms with Crippen molar-refractivity contribution in [3.05, 3.63) is 93.6 Å². The molecule has 0 aliphatic rings. The topological polar surface area (TPSA) is 91.3 Å². The molecule has 3 aromatic rings. The largest absolute Gasteiger partial charge is 0.480 e. The fraction of sp³-hybridized carbons (Fsp3) is 0.269. The summed E-state index contributed by atoms with van der Waals surface area (Å²) in [6, 6.07) is 17.2. The third-order valence-electron chi connectivity index (χ3n) is 5.37. The van der Waals surface area contributed by atoms with Gasteiger partial charge >= 0.3 is 5.97 Å². The molecule has 0 spiro atoms. The molecule has 0 bridgehead atoms. The van der Waals surface area contributed by atoms with E-state index in [2.05, 4.69) is 15.6 Å². The predicted octanol–water partition coefficient (Wildman–Crippen LogP) is 5.64. The van der Waals surface area contributed by atoms with Gasteiger partial charge in [-0.1, -0.05) is 66.0 Å². The van der Waals surface area contributed by atoms with Crippen LogP contribution in [-0.4, -0.2) is 34.6 Å². The van der Waals surface area contributed by atoms with Crippen molar-refractivity contribution in [3.63, 3.8) is 0 Å². The third-order valence-corrected chi connectivity index (χ3v) is 6.00. The number of unbranched alkanes of at least 4 members (excludes halogenated alkanes) is 2. The molecule has 0 aliphatic heterocycles. The number of hydrogen-bond acceptors (Lipinski definition) is 4. The quantitative estimate of drug-likeness (QED) is 0.280. The summed E-state index contributed by atoms with van der Waals surface area (Å²) in [5.74, 6) is -0.846. The van der Waals surface area contributed by atoms with Crippen LogP contribution < -0.4 is 10.6 Å². The van der Waals surface area contributed by atoms with Crippen molar-refractivity contribution in [2.75, 3.05) is 11.9 Å². The molecule has 178 valence electrons. The number of rotatable bonds is 12. The normalized spacial score (nSPS) is 11.6. The number of benzene rings is 2. The third kappa shape index (κ3) is 7.75. The van der Waals surface area contributed by atoms with E-state index in [1.165, 1.54) is 17.7 Å². The van der Waals surface area contributed by atoms with Crippen LogP contribution in [0.25, 0.3) is 0 Å². The highest BCUT2D eigenvalue weighted by molar-refractivity contribution is 6.39. The molecule has 0 saturated heterocycles. The Labute approximate surface area is 209 Å². The van der Waals surface area contributed by atoms with Gasteiger partial charge in [-0.25, -0.2) is 9.78 Å². The highest BCUT2D eigenvalue weighted by Gasteiger charge is 2.23. The first-order valence-electron chi connectivity index (χ1n) is 11.1. The molecule has 2 aromatic carbocycles. The number of pyridine rings is 1. The van der Waals surface area contributed by atoms with Crippen LogP contribution in [0.5, 0.6) is 0 Å². The van der Waals surface area contributed by atoms with Crippen LogP contribution in [0, 0.1) is 0 Å². The van der Waals surface area contributed by atoms with Gasteiger partial charge in [0.1, 0.15) is 11.9 Å². The number of carboxylic acid groups (broad SMARTS) is 1. The summed E-state index contributed by atoms with van der Waals surface area (Å²) < 4.78 is 0. The highest BCUT2D eigenvalue weighted by atomic mass is 35.5. The lowest BCUT2D eigenvalue weighted by Crippen LogP contribution is -2.42. The van der Waals surface area contributed by atoms with Crippen LogP contribution >= 0.6 is 23.2 Å². The van der Waals surface area contributed by atoms with Crippen molar-refractivity contribution >= 4 is 40.9 Å². The van der Waals surface area contributed by atoms with Crippen LogP contribution in [0.15, 0.2) is 66.9 Å². The number of aliphatic carboxylic acids is 1. The molecule has 1 atom stereocenters. The minimum absolute atomic E-state index is 0.0719. The molecule has 1 amide bonds. The molecule has 0 unspecified atom stereocenters. The van der Waals surface area contributed by atoms with Crippen molar-refractivity contribution in [1.82, 2.24) is 10.3 Å². The summed E-state index contributed by atoms with van der Waals surface area (Å²) in [4.78, 5) is 28.5. The van der Waals surface area contributed by atoms with Gasteiger partial charge in [0.2, 0.25) is 0 Å². The zero-order chi connectivity index (χ0) is 24.3. The molecule has 34 heavy (non-hydrogen) atoms. The van der Waals surface area contributed by atoms with Crippen LogP contribution in [0.3, 0.4) is 0 Å². The van der Waals surface area contributed by atoms with Crippen molar-refractivity contribution in [2.45, 2.75) is 38.1 Å². The zero-order valence-electron chi connectivity index (χ0n) is 18.6. The first-order valence-corrected chi connectivity index (χ1v) is 11.9. The molecule has 3 N–H and O–H groups in total. The maximum absolute atomic E-state index is 12.6. The minimum atomic E-state index is -1.13. The number of amides is 1. The van der Waals surface area contributed by atoms with Gasteiger partial charge in [0.05, 0.1) is 15.6 Å². The molecule has 6 nitrogen and oxygen atoms in total. The van der Waals surface area contributed by atoms with Crippen molar-refractivity contribution in [3.8, 4) is 0 Å². The molecule has 3 rings (SSSR count). The lowest BCUT2D eigenvalue weighted by Gasteiger charge is -2.16. The van der Waals surface area contributed by atoms with E-state index in [0.717, 1.165) is 43.6 Å². The van der Waals surface area contributed by atoms with Gasteiger partial charge in [0.25, 0.3) is 5.91 Å². The van der Waals surface area contributed by atoms with E-state index in [4.69, 9.17) is 23.2 Å². The van der Waals surface area contributed by atoms with Gasteiger partial charge in [-0.3, -0.25) is 4.79 Å². The second-order valence-corrected chi connectivity index (χ2v) is 8.75. The van der Waals surface area contributed by atoms with Crippen LogP contribution in [0.4, 0.5) is 5.82 Å². The van der Waals surface area contributed by atoms with Crippen LogP contribution in [0.2, 0.25) is 10.0 Å². The Bertz CT molecular complexity index is 1070. The number of carboxylic acids is 1. The van der Waals surface area contributed by atoms with Gasteiger partial charge in [-0.2, -0.15) is 0 Å². The minimum Gasteiger partial charge on any atom is -0.480 e. The number of aromatic nitrogens is 1. The fourth-order valence-corrected chi connectivity index (χ4v) is 4.11. The zero-order valence-corrected chi connectivity index (χ0v) is 20.1. The predicted molar refractivity (Wildman–Crippen MR) is 136 cm³/mol. The average Bonchev–Trinajstić information content (AvgIpc) is 2.82. The summed E-state index contributed by atoms with van der Waals surface area (Å²) in [7, 11) is 0.